The average molecular weight is 277 g/mol. The molecule has 1 aromatic carbocycles. The number of benzene rings is 1. The van der Waals surface area contributed by atoms with Gasteiger partial charge in [0.1, 0.15) is 18.5 Å². The minimum absolute atomic E-state index is 0.125. The lowest BCUT2D eigenvalue weighted by molar-refractivity contribution is 0.0967. The molecule has 1 fully saturated rings. The Balaban J connectivity index is 1.77. The number of aliphatic hydroxyl groups excluding tert-OH is 1. The van der Waals surface area contributed by atoms with Gasteiger partial charge in [-0.15, -0.1) is 0 Å². The monoisotopic (exact) mass is 277 g/mol. The second kappa shape index (κ2) is 6.15. The maximum absolute atomic E-state index is 10.0. The molecular weight excluding hydrogens is 250 g/mol. The first-order chi connectivity index (χ1) is 9.38. The first-order valence-electron chi connectivity index (χ1n) is 7.51. The molecule has 0 spiro atoms. The van der Waals surface area contributed by atoms with Crippen molar-refractivity contribution in [3.05, 3.63) is 29.3 Å². The molecule has 0 radical (unpaired) electrons. The highest BCUT2D eigenvalue weighted by Crippen LogP contribution is 2.39. The van der Waals surface area contributed by atoms with Crippen molar-refractivity contribution in [2.45, 2.75) is 52.2 Å². The summed E-state index contributed by atoms with van der Waals surface area (Å²) in [6, 6.07) is 6.13. The molecule has 20 heavy (non-hydrogen) atoms. The van der Waals surface area contributed by atoms with E-state index in [1.807, 2.05) is 26.0 Å². The molecule has 2 N–H and O–H groups in total. The lowest BCUT2D eigenvalue weighted by atomic mass is 9.98. The van der Waals surface area contributed by atoms with Crippen LogP contribution in [0.15, 0.2) is 18.2 Å². The number of ether oxygens (including phenoxy) is 1. The van der Waals surface area contributed by atoms with Crippen LogP contribution in [0, 0.1) is 19.8 Å². The van der Waals surface area contributed by atoms with Gasteiger partial charge in [0.05, 0.1) is 0 Å². The maximum atomic E-state index is 10.0. The highest BCUT2D eigenvalue weighted by Gasteiger charge is 2.37. The van der Waals surface area contributed by atoms with Crippen LogP contribution in [0.1, 0.15) is 37.8 Å². The number of nitrogens with one attached hydrogen (secondary N) is 1. The number of hydrogen-bond acceptors (Lipinski definition) is 3. The highest BCUT2D eigenvalue weighted by atomic mass is 16.5. The van der Waals surface area contributed by atoms with Gasteiger partial charge in [0.2, 0.25) is 0 Å². The Hall–Kier alpha value is -1.06. The van der Waals surface area contributed by atoms with E-state index in [1.54, 1.807) is 0 Å². The van der Waals surface area contributed by atoms with Gasteiger partial charge in [-0.1, -0.05) is 12.1 Å². The predicted molar refractivity (Wildman–Crippen MR) is 82.2 cm³/mol. The van der Waals surface area contributed by atoms with Crippen LogP contribution in [0.25, 0.3) is 0 Å². The van der Waals surface area contributed by atoms with E-state index in [0.29, 0.717) is 13.2 Å². The Morgan fingerprint density at radius 3 is 2.70 bits per heavy atom. The van der Waals surface area contributed by atoms with Crippen LogP contribution >= 0.6 is 0 Å². The second-order valence-corrected chi connectivity index (χ2v) is 6.61. The van der Waals surface area contributed by atoms with E-state index in [4.69, 9.17) is 4.74 Å². The molecule has 3 heteroatoms. The second-order valence-electron chi connectivity index (χ2n) is 6.61. The summed E-state index contributed by atoms with van der Waals surface area (Å²) < 4.78 is 5.73. The SMILES string of the molecule is Cc1ccc(C)c(OCC(O)CNC(C)(C)C2CC2)c1. The molecule has 0 bridgehead atoms. The van der Waals surface area contributed by atoms with Gasteiger partial charge in [0.25, 0.3) is 0 Å². The summed E-state index contributed by atoms with van der Waals surface area (Å²) >= 11 is 0. The molecule has 1 aromatic rings. The molecular formula is C17H27NO2. The van der Waals surface area contributed by atoms with Gasteiger partial charge in [-0.2, -0.15) is 0 Å². The van der Waals surface area contributed by atoms with Crippen molar-refractivity contribution in [3.8, 4) is 5.75 Å². The Labute approximate surface area is 122 Å². The number of rotatable bonds is 7. The first-order valence-corrected chi connectivity index (χ1v) is 7.51. The van der Waals surface area contributed by atoms with Gasteiger partial charge >= 0.3 is 0 Å². The third kappa shape index (κ3) is 4.22. The maximum Gasteiger partial charge on any atom is 0.122 e. The van der Waals surface area contributed by atoms with Gasteiger partial charge < -0.3 is 15.2 Å². The molecule has 1 unspecified atom stereocenters. The summed E-state index contributed by atoms with van der Waals surface area (Å²) in [5.41, 5.74) is 2.40. The zero-order valence-corrected chi connectivity index (χ0v) is 13.1. The van der Waals surface area contributed by atoms with Crippen LogP contribution in [-0.2, 0) is 0 Å². The molecule has 1 saturated carbocycles. The molecule has 0 aromatic heterocycles. The largest absolute Gasteiger partial charge is 0.491 e. The summed E-state index contributed by atoms with van der Waals surface area (Å²) in [6.45, 7) is 9.40. The number of aliphatic hydroxyl groups is 1. The van der Waals surface area contributed by atoms with Crippen LogP contribution < -0.4 is 10.1 Å². The fraction of sp³-hybridized carbons (Fsp3) is 0.647. The van der Waals surface area contributed by atoms with Crippen molar-refractivity contribution in [2.75, 3.05) is 13.2 Å². The van der Waals surface area contributed by atoms with Crippen LogP contribution in [-0.4, -0.2) is 29.9 Å². The normalized spacial score (nSPS) is 17.1. The third-order valence-electron chi connectivity index (χ3n) is 4.17. The van der Waals surface area contributed by atoms with E-state index < -0.39 is 6.10 Å². The van der Waals surface area contributed by atoms with Crippen molar-refractivity contribution in [3.63, 3.8) is 0 Å². The molecule has 0 amide bonds. The number of β-amino-alcohol motifs (C(OH)–C–C–N with tert-alkyl or cyclic N) is 1. The first kappa shape index (κ1) is 15.3. The average Bonchev–Trinajstić information content (AvgIpc) is 3.22. The van der Waals surface area contributed by atoms with Crippen LogP contribution in [0.3, 0.4) is 0 Å². The summed E-state index contributed by atoms with van der Waals surface area (Å²) in [4.78, 5) is 0. The van der Waals surface area contributed by atoms with Crippen molar-refractivity contribution in [1.29, 1.82) is 0 Å². The van der Waals surface area contributed by atoms with E-state index in [-0.39, 0.29) is 5.54 Å². The lowest BCUT2D eigenvalue weighted by Gasteiger charge is -2.27. The zero-order chi connectivity index (χ0) is 14.8. The Kier molecular flexibility index (Phi) is 4.71. The van der Waals surface area contributed by atoms with Gasteiger partial charge in [-0.05, 0) is 63.6 Å². The smallest absolute Gasteiger partial charge is 0.122 e. The standard InChI is InChI=1S/C17H27NO2/c1-12-5-6-13(2)16(9-12)20-11-15(19)10-18-17(3,4)14-7-8-14/h5-6,9,14-15,18-19H,7-8,10-11H2,1-4H3. The predicted octanol–water partition coefficient (Wildman–Crippen LogP) is 2.82. The Morgan fingerprint density at radius 1 is 1.35 bits per heavy atom. The van der Waals surface area contributed by atoms with Crippen molar-refractivity contribution in [1.82, 2.24) is 5.32 Å². The Morgan fingerprint density at radius 2 is 2.05 bits per heavy atom. The molecule has 3 nitrogen and oxygen atoms in total. The number of aryl methyl sites for hydroxylation is 2. The van der Waals surface area contributed by atoms with E-state index in [0.717, 1.165) is 17.2 Å². The molecule has 112 valence electrons. The van der Waals surface area contributed by atoms with Gasteiger partial charge in [0, 0.05) is 12.1 Å². The van der Waals surface area contributed by atoms with E-state index in [2.05, 4.69) is 25.2 Å². The fourth-order valence-electron chi connectivity index (χ4n) is 2.44. The van der Waals surface area contributed by atoms with Crippen molar-refractivity contribution >= 4 is 0 Å². The minimum Gasteiger partial charge on any atom is -0.491 e. The Bertz CT molecular complexity index is 452. The van der Waals surface area contributed by atoms with E-state index in [1.165, 1.54) is 18.4 Å². The molecule has 0 aliphatic heterocycles. The molecule has 0 saturated heterocycles. The van der Waals surface area contributed by atoms with Crippen LogP contribution in [0.4, 0.5) is 0 Å². The summed E-state index contributed by atoms with van der Waals surface area (Å²) in [5, 5.41) is 13.5. The third-order valence-corrected chi connectivity index (χ3v) is 4.17. The summed E-state index contributed by atoms with van der Waals surface area (Å²) in [5.74, 6) is 1.63. The molecule has 2 rings (SSSR count). The molecule has 1 aliphatic rings. The van der Waals surface area contributed by atoms with Crippen molar-refractivity contribution in [2.24, 2.45) is 5.92 Å². The van der Waals surface area contributed by atoms with Gasteiger partial charge in [0.15, 0.2) is 0 Å². The number of hydrogen-bond donors (Lipinski definition) is 2. The van der Waals surface area contributed by atoms with Crippen LogP contribution in [0.2, 0.25) is 0 Å². The summed E-state index contributed by atoms with van der Waals surface area (Å²) in [6.07, 6.45) is 2.12. The summed E-state index contributed by atoms with van der Waals surface area (Å²) in [7, 11) is 0. The topological polar surface area (TPSA) is 41.5 Å². The fourth-order valence-corrected chi connectivity index (χ4v) is 2.44. The molecule has 1 atom stereocenters. The van der Waals surface area contributed by atoms with Gasteiger partial charge in [-0.25, -0.2) is 0 Å². The minimum atomic E-state index is -0.479. The van der Waals surface area contributed by atoms with Gasteiger partial charge in [-0.3, -0.25) is 0 Å². The lowest BCUT2D eigenvalue weighted by Crippen LogP contribution is -2.46. The quantitative estimate of drug-likeness (QED) is 0.805. The van der Waals surface area contributed by atoms with Crippen LogP contribution in [0.5, 0.6) is 5.75 Å². The zero-order valence-electron chi connectivity index (χ0n) is 13.1. The van der Waals surface area contributed by atoms with Crippen molar-refractivity contribution < 1.29 is 9.84 Å². The molecule has 0 heterocycles. The molecule has 1 aliphatic carbocycles. The van der Waals surface area contributed by atoms with E-state index >= 15 is 0 Å². The van der Waals surface area contributed by atoms with E-state index in [9.17, 15) is 5.11 Å². The highest BCUT2D eigenvalue weighted by molar-refractivity contribution is 5.35.